The molecule has 2 rings (SSSR count). The summed E-state index contributed by atoms with van der Waals surface area (Å²) in [6.45, 7) is 0.112. The summed E-state index contributed by atoms with van der Waals surface area (Å²) < 4.78 is 37.8. The van der Waals surface area contributed by atoms with Gasteiger partial charge >= 0.3 is 6.18 Å². The van der Waals surface area contributed by atoms with Crippen molar-refractivity contribution in [2.24, 2.45) is 0 Å². The number of nitrogens with one attached hydrogen (secondary N) is 1. The molecular weight excluding hydrogens is 327 g/mol. The van der Waals surface area contributed by atoms with Gasteiger partial charge in [-0.15, -0.1) is 0 Å². The molecule has 0 bridgehead atoms. The first kappa shape index (κ1) is 18.6. The molecule has 2 aromatic carbocycles. The van der Waals surface area contributed by atoms with Crippen molar-refractivity contribution in [1.82, 2.24) is 5.32 Å². The molecule has 2 aromatic rings. The Hall–Kier alpha value is -2.74. The predicted octanol–water partition coefficient (Wildman–Crippen LogP) is 4.20. The maximum Gasteiger partial charge on any atom is 0.416 e. The highest BCUT2D eigenvalue weighted by Gasteiger charge is 2.30. The molecule has 0 aliphatic heterocycles. The summed E-state index contributed by atoms with van der Waals surface area (Å²) in [7, 11) is 0. The minimum atomic E-state index is -4.38. The van der Waals surface area contributed by atoms with Gasteiger partial charge in [0.15, 0.2) is 0 Å². The third-order valence-corrected chi connectivity index (χ3v) is 3.51. The van der Waals surface area contributed by atoms with E-state index < -0.39 is 11.7 Å². The molecule has 0 aliphatic rings. The van der Waals surface area contributed by atoms with Crippen molar-refractivity contribution >= 4 is 5.91 Å². The monoisotopic (exact) mass is 345 g/mol. The van der Waals surface area contributed by atoms with Crippen molar-refractivity contribution in [3.8, 4) is 11.8 Å². The third kappa shape index (κ3) is 6.72. The fourth-order valence-corrected chi connectivity index (χ4v) is 2.25. The van der Waals surface area contributed by atoms with Gasteiger partial charge < -0.3 is 5.32 Å². The van der Waals surface area contributed by atoms with Crippen LogP contribution in [0.15, 0.2) is 54.6 Å². The van der Waals surface area contributed by atoms with E-state index in [2.05, 4.69) is 17.2 Å². The number of alkyl halides is 3. The van der Waals surface area contributed by atoms with Gasteiger partial charge in [-0.25, -0.2) is 0 Å². The lowest BCUT2D eigenvalue weighted by Crippen LogP contribution is -2.23. The minimum Gasteiger partial charge on any atom is -0.345 e. The quantitative estimate of drug-likeness (QED) is 0.809. The second-order valence-electron chi connectivity index (χ2n) is 5.50. The number of rotatable bonds is 5. The van der Waals surface area contributed by atoms with E-state index in [4.69, 9.17) is 0 Å². The van der Waals surface area contributed by atoms with Crippen molar-refractivity contribution in [1.29, 1.82) is 0 Å². The molecular formula is C20H18F3NO. The Kier molecular flexibility index (Phi) is 6.64. The summed E-state index contributed by atoms with van der Waals surface area (Å²) in [5.41, 5.74) is 0.719. The molecule has 0 saturated carbocycles. The van der Waals surface area contributed by atoms with Crippen molar-refractivity contribution in [3.05, 3.63) is 71.3 Å². The topological polar surface area (TPSA) is 29.1 Å². The first-order valence-corrected chi connectivity index (χ1v) is 7.92. The smallest absolute Gasteiger partial charge is 0.345 e. The van der Waals surface area contributed by atoms with Crippen LogP contribution in [0.25, 0.3) is 0 Å². The molecule has 0 aliphatic carbocycles. The normalized spacial score (nSPS) is 10.7. The van der Waals surface area contributed by atoms with Crippen LogP contribution in [0.2, 0.25) is 0 Å². The van der Waals surface area contributed by atoms with E-state index in [1.165, 1.54) is 17.7 Å². The van der Waals surface area contributed by atoms with E-state index in [0.29, 0.717) is 6.42 Å². The Labute approximate surface area is 145 Å². The molecule has 1 amide bonds. The lowest BCUT2D eigenvalue weighted by Gasteiger charge is -2.05. The van der Waals surface area contributed by atoms with Crippen LogP contribution >= 0.6 is 0 Å². The van der Waals surface area contributed by atoms with E-state index >= 15 is 0 Å². The van der Waals surface area contributed by atoms with E-state index in [9.17, 15) is 18.0 Å². The van der Waals surface area contributed by atoms with Crippen LogP contribution in [-0.4, -0.2) is 12.5 Å². The average molecular weight is 345 g/mol. The fraction of sp³-hybridized carbons (Fsp3) is 0.250. The Morgan fingerprint density at radius 2 is 1.80 bits per heavy atom. The van der Waals surface area contributed by atoms with Crippen LogP contribution in [0.5, 0.6) is 0 Å². The summed E-state index contributed by atoms with van der Waals surface area (Å²) in [6.07, 6.45) is -2.44. The molecule has 0 atom stereocenters. The van der Waals surface area contributed by atoms with Crippen LogP contribution in [-0.2, 0) is 17.4 Å². The number of halogens is 3. The third-order valence-electron chi connectivity index (χ3n) is 3.51. The molecule has 2 nitrogen and oxygen atoms in total. The predicted molar refractivity (Wildman–Crippen MR) is 90.7 cm³/mol. The number of benzene rings is 2. The highest BCUT2D eigenvalue weighted by Crippen LogP contribution is 2.29. The van der Waals surface area contributed by atoms with Gasteiger partial charge in [-0.05, 0) is 36.6 Å². The zero-order valence-electron chi connectivity index (χ0n) is 13.6. The van der Waals surface area contributed by atoms with Crippen LogP contribution < -0.4 is 5.32 Å². The molecule has 0 fully saturated rings. The van der Waals surface area contributed by atoms with Gasteiger partial charge in [-0.2, -0.15) is 13.2 Å². The van der Waals surface area contributed by atoms with E-state index in [1.807, 2.05) is 30.3 Å². The Morgan fingerprint density at radius 1 is 1.04 bits per heavy atom. The SMILES string of the molecule is O=C(CCCc1ccccc1)NCC#Cc1cccc(C(F)(F)F)c1. The lowest BCUT2D eigenvalue weighted by atomic mass is 10.1. The van der Waals surface area contributed by atoms with Crippen molar-refractivity contribution in [3.63, 3.8) is 0 Å². The molecule has 1 N–H and O–H groups in total. The second kappa shape index (κ2) is 8.93. The first-order valence-electron chi connectivity index (χ1n) is 7.92. The van der Waals surface area contributed by atoms with Gasteiger partial charge in [0.2, 0.25) is 5.91 Å². The molecule has 5 heteroatoms. The number of carbonyl (C=O) groups is 1. The maximum atomic E-state index is 12.6. The Bertz CT molecular complexity index is 758. The number of amides is 1. The first-order chi connectivity index (χ1) is 11.9. The van der Waals surface area contributed by atoms with Gasteiger partial charge in [0.05, 0.1) is 12.1 Å². The zero-order valence-corrected chi connectivity index (χ0v) is 13.6. The molecule has 0 saturated heterocycles. The molecule has 0 spiro atoms. The summed E-state index contributed by atoms with van der Waals surface area (Å²) >= 11 is 0. The number of hydrogen-bond donors (Lipinski definition) is 1. The van der Waals surface area contributed by atoms with Gasteiger partial charge in [-0.1, -0.05) is 48.2 Å². The lowest BCUT2D eigenvalue weighted by molar-refractivity contribution is -0.137. The fourth-order valence-electron chi connectivity index (χ4n) is 2.25. The maximum absolute atomic E-state index is 12.6. The standard InChI is InChI=1S/C20H18F3NO/c21-20(22,23)18-12-4-10-17(15-18)11-6-14-24-19(25)13-5-9-16-7-2-1-3-8-16/h1-4,7-8,10,12,15H,5,9,13-14H2,(H,24,25). The summed E-state index contributed by atoms with van der Waals surface area (Å²) in [5.74, 6) is 5.18. The largest absolute Gasteiger partial charge is 0.416 e. The van der Waals surface area contributed by atoms with Crippen LogP contribution in [0.1, 0.15) is 29.5 Å². The number of hydrogen-bond acceptors (Lipinski definition) is 1. The summed E-state index contributed by atoms with van der Waals surface area (Å²) in [4.78, 5) is 11.7. The molecule has 130 valence electrons. The van der Waals surface area contributed by atoms with Gasteiger partial charge in [0, 0.05) is 12.0 Å². The van der Waals surface area contributed by atoms with E-state index in [1.54, 1.807) is 0 Å². The molecule has 0 radical (unpaired) electrons. The number of carbonyl (C=O) groups excluding carboxylic acids is 1. The zero-order chi connectivity index (χ0) is 18.1. The number of aryl methyl sites for hydroxylation is 1. The summed E-state index contributed by atoms with van der Waals surface area (Å²) in [5, 5.41) is 2.65. The van der Waals surface area contributed by atoms with Gasteiger partial charge in [-0.3, -0.25) is 4.79 Å². The average Bonchev–Trinajstić information content (AvgIpc) is 2.59. The Balaban J connectivity index is 1.74. The Morgan fingerprint density at radius 3 is 2.52 bits per heavy atom. The highest BCUT2D eigenvalue weighted by atomic mass is 19.4. The molecule has 0 aromatic heterocycles. The molecule has 0 unspecified atom stereocenters. The van der Waals surface area contributed by atoms with Gasteiger partial charge in [0.1, 0.15) is 0 Å². The summed E-state index contributed by atoms with van der Waals surface area (Å²) in [6, 6.07) is 14.7. The van der Waals surface area contributed by atoms with Crippen LogP contribution in [0.3, 0.4) is 0 Å². The van der Waals surface area contributed by atoms with Crippen molar-refractivity contribution in [2.45, 2.75) is 25.4 Å². The molecule has 25 heavy (non-hydrogen) atoms. The minimum absolute atomic E-state index is 0.112. The van der Waals surface area contributed by atoms with Gasteiger partial charge in [0.25, 0.3) is 0 Å². The van der Waals surface area contributed by atoms with Crippen molar-refractivity contribution in [2.75, 3.05) is 6.54 Å². The van der Waals surface area contributed by atoms with Crippen molar-refractivity contribution < 1.29 is 18.0 Å². The van der Waals surface area contributed by atoms with E-state index in [-0.39, 0.29) is 18.0 Å². The molecule has 0 heterocycles. The highest BCUT2D eigenvalue weighted by molar-refractivity contribution is 5.76. The van der Waals surface area contributed by atoms with Crippen LogP contribution in [0, 0.1) is 11.8 Å². The second-order valence-corrected chi connectivity index (χ2v) is 5.50. The van der Waals surface area contributed by atoms with E-state index in [0.717, 1.165) is 25.0 Å². The van der Waals surface area contributed by atoms with Crippen LogP contribution in [0.4, 0.5) is 13.2 Å².